The number of halogens is 1. The number of benzene rings is 2. The molecular formula is C19H23ClN2OS. The van der Waals surface area contributed by atoms with Crippen molar-refractivity contribution in [1.82, 2.24) is 5.32 Å². The molecule has 0 radical (unpaired) electrons. The molecular weight excluding hydrogens is 340 g/mol. The fourth-order valence-corrected chi connectivity index (χ4v) is 3.85. The number of carbonyl (C=O) groups excluding carboxylic acids is 1. The summed E-state index contributed by atoms with van der Waals surface area (Å²) in [5.41, 5.74) is 6.68. The Kier molecular flexibility index (Phi) is 7.16. The highest BCUT2D eigenvalue weighted by Crippen LogP contribution is 2.30. The van der Waals surface area contributed by atoms with Crippen molar-refractivity contribution in [2.45, 2.75) is 47.6 Å². The van der Waals surface area contributed by atoms with Crippen LogP contribution in [0, 0.1) is 0 Å². The lowest BCUT2D eigenvalue weighted by atomic mass is 9.91. The maximum absolute atomic E-state index is 12.6. The molecule has 0 unspecified atom stereocenters. The van der Waals surface area contributed by atoms with Crippen molar-refractivity contribution in [3.8, 4) is 0 Å². The Labute approximate surface area is 153 Å². The van der Waals surface area contributed by atoms with Gasteiger partial charge in [-0.25, -0.2) is 0 Å². The monoisotopic (exact) mass is 362 g/mol. The Morgan fingerprint density at radius 3 is 2.29 bits per heavy atom. The fraction of sp³-hybridized carbons (Fsp3) is 0.316. The number of carbonyl (C=O) groups is 1. The number of rotatable bonds is 4. The number of hydrogen-bond donors (Lipinski definition) is 2. The molecule has 0 atom stereocenters. The third kappa shape index (κ3) is 5.00. The Bertz CT molecular complexity index is 657. The van der Waals surface area contributed by atoms with Gasteiger partial charge in [0.15, 0.2) is 0 Å². The highest BCUT2D eigenvalue weighted by atomic mass is 35.5. The molecule has 128 valence electrons. The zero-order chi connectivity index (χ0) is 16.1. The molecule has 0 saturated heterocycles. The molecule has 0 aliphatic heterocycles. The average molecular weight is 363 g/mol. The largest absolute Gasteiger partial charge is 0.349 e. The van der Waals surface area contributed by atoms with Gasteiger partial charge < -0.3 is 11.1 Å². The van der Waals surface area contributed by atoms with E-state index in [0.29, 0.717) is 6.04 Å². The minimum Gasteiger partial charge on any atom is -0.349 e. The van der Waals surface area contributed by atoms with Gasteiger partial charge in [-0.3, -0.25) is 4.79 Å². The van der Waals surface area contributed by atoms with Gasteiger partial charge in [0.1, 0.15) is 0 Å². The summed E-state index contributed by atoms with van der Waals surface area (Å²) >= 11 is 1.62. The van der Waals surface area contributed by atoms with Gasteiger partial charge in [0, 0.05) is 21.9 Å². The van der Waals surface area contributed by atoms with E-state index in [0.717, 1.165) is 41.0 Å². The molecule has 1 fully saturated rings. The normalized spacial score (nSPS) is 20.0. The zero-order valence-electron chi connectivity index (χ0n) is 13.5. The second-order valence-electron chi connectivity index (χ2n) is 6.00. The van der Waals surface area contributed by atoms with Crippen molar-refractivity contribution in [2.24, 2.45) is 5.73 Å². The van der Waals surface area contributed by atoms with Gasteiger partial charge in [-0.15, -0.1) is 12.4 Å². The van der Waals surface area contributed by atoms with E-state index in [2.05, 4.69) is 17.4 Å². The average Bonchev–Trinajstić information content (AvgIpc) is 2.58. The highest BCUT2D eigenvalue weighted by molar-refractivity contribution is 7.99. The molecule has 0 bridgehead atoms. The van der Waals surface area contributed by atoms with E-state index in [9.17, 15) is 4.79 Å². The first-order chi connectivity index (χ1) is 11.2. The maximum atomic E-state index is 12.6. The Hall–Kier alpha value is -1.49. The molecule has 2 aromatic rings. The van der Waals surface area contributed by atoms with Crippen LogP contribution in [-0.2, 0) is 0 Å². The van der Waals surface area contributed by atoms with Crippen LogP contribution in [0.2, 0.25) is 0 Å². The van der Waals surface area contributed by atoms with E-state index >= 15 is 0 Å². The molecule has 5 heteroatoms. The summed E-state index contributed by atoms with van der Waals surface area (Å²) in [6.45, 7) is 0. The summed E-state index contributed by atoms with van der Waals surface area (Å²) in [5, 5.41) is 3.17. The molecule has 2 aromatic carbocycles. The standard InChI is InChI=1S/C19H22N2OS.ClH/c20-14-10-12-15(13-11-14)21-19(22)17-8-4-5-9-18(17)23-16-6-2-1-3-7-16;/h1-9,14-15H,10-13,20H2,(H,21,22);1H. The third-order valence-corrected chi connectivity index (χ3v) is 5.29. The van der Waals surface area contributed by atoms with Crippen molar-refractivity contribution in [2.75, 3.05) is 0 Å². The van der Waals surface area contributed by atoms with Crippen molar-refractivity contribution in [3.63, 3.8) is 0 Å². The Morgan fingerprint density at radius 1 is 0.958 bits per heavy atom. The number of amides is 1. The molecule has 1 aliphatic carbocycles. The summed E-state index contributed by atoms with van der Waals surface area (Å²) in [4.78, 5) is 14.8. The van der Waals surface area contributed by atoms with Crippen molar-refractivity contribution < 1.29 is 4.79 Å². The number of nitrogens with two attached hydrogens (primary N) is 1. The molecule has 0 spiro atoms. The van der Waals surface area contributed by atoms with E-state index in [1.165, 1.54) is 0 Å². The summed E-state index contributed by atoms with van der Waals surface area (Å²) in [5.74, 6) is 0.0181. The minimum absolute atomic E-state index is 0. The van der Waals surface area contributed by atoms with Gasteiger partial charge in [0.05, 0.1) is 5.56 Å². The predicted octanol–water partition coefficient (Wildman–Crippen LogP) is 4.26. The second kappa shape index (κ2) is 9.11. The first-order valence-electron chi connectivity index (χ1n) is 8.11. The van der Waals surface area contributed by atoms with E-state index in [1.54, 1.807) is 11.8 Å². The maximum Gasteiger partial charge on any atom is 0.252 e. The quantitative estimate of drug-likeness (QED) is 0.854. The molecule has 3 rings (SSSR count). The van der Waals surface area contributed by atoms with Crippen molar-refractivity contribution in [3.05, 3.63) is 60.2 Å². The lowest BCUT2D eigenvalue weighted by Crippen LogP contribution is -2.40. The van der Waals surface area contributed by atoms with E-state index in [1.807, 2.05) is 42.5 Å². The van der Waals surface area contributed by atoms with Crippen LogP contribution < -0.4 is 11.1 Å². The molecule has 1 amide bonds. The Morgan fingerprint density at radius 2 is 1.58 bits per heavy atom. The van der Waals surface area contributed by atoms with Crippen LogP contribution in [0.3, 0.4) is 0 Å². The van der Waals surface area contributed by atoms with Crippen LogP contribution >= 0.6 is 24.2 Å². The van der Waals surface area contributed by atoms with Gasteiger partial charge in [0.25, 0.3) is 5.91 Å². The van der Waals surface area contributed by atoms with Crippen LogP contribution in [0.1, 0.15) is 36.0 Å². The summed E-state index contributed by atoms with van der Waals surface area (Å²) < 4.78 is 0. The first-order valence-corrected chi connectivity index (χ1v) is 8.92. The van der Waals surface area contributed by atoms with Gasteiger partial charge in [-0.1, -0.05) is 42.1 Å². The molecule has 0 aromatic heterocycles. The van der Waals surface area contributed by atoms with Crippen molar-refractivity contribution >= 4 is 30.1 Å². The predicted molar refractivity (Wildman–Crippen MR) is 102 cm³/mol. The van der Waals surface area contributed by atoms with Crippen molar-refractivity contribution in [1.29, 1.82) is 0 Å². The summed E-state index contributed by atoms with van der Waals surface area (Å²) in [7, 11) is 0. The zero-order valence-corrected chi connectivity index (χ0v) is 15.1. The van der Waals surface area contributed by atoms with Crippen LogP contribution in [0.15, 0.2) is 64.4 Å². The van der Waals surface area contributed by atoms with Crippen LogP contribution in [0.5, 0.6) is 0 Å². The van der Waals surface area contributed by atoms with Crippen LogP contribution in [0.25, 0.3) is 0 Å². The summed E-state index contributed by atoms with van der Waals surface area (Å²) in [6, 6.07) is 18.5. The Balaban J connectivity index is 0.00000208. The van der Waals surface area contributed by atoms with E-state index in [4.69, 9.17) is 5.73 Å². The fourth-order valence-electron chi connectivity index (χ4n) is 2.89. The highest BCUT2D eigenvalue weighted by Gasteiger charge is 2.21. The molecule has 24 heavy (non-hydrogen) atoms. The topological polar surface area (TPSA) is 55.1 Å². The SMILES string of the molecule is Cl.NC1CCC(NC(=O)c2ccccc2Sc2ccccc2)CC1. The van der Waals surface area contributed by atoms with Crippen LogP contribution in [-0.4, -0.2) is 18.0 Å². The van der Waals surface area contributed by atoms with Gasteiger partial charge in [0.2, 0.25) is 0 Å². The lowest BCUT2D eigenvalue weighted by Gasteiger charge is -2.27. The van der Waals surface area contributed by atoms with Crippen LogP contribution in [0.4, 0.5) is 0 Å². The van der Waals surface area contributed by atoms with E-state index in [-0.39, 0.29) is 24.4 Å². The van der Waals surface area contributed by atoms with E-state index < -0.39 is 0 Å². The molecule has 3 nitrogen and oxygen atoms in total. The minimum atomic E-state index is 0. The molecule has 1 saturated carbocycles. The van der Waals surface area contributed by atoms with Gasteiger partial charge in [-0.2, -0.15) is 0 Å². The molecule has 3 N–H and O–H groups in total. The number of nitrogens with one attached hydrogen (secondary N) is 1. The second-order valence-corrected chi connectivity index (χ2v) is 7.11. The first kappa shape index (κ1) is 18.8. The lowest BCUT2D eigenvalue weighted by molar-refractivity contribution is 0.0923. The number of hydrogen-bond acceptors (Lipinski definition) is 3. The molecule has 0 heterocycles. The van der Waals surface area contributed by atoms with Gasteiger partial charge in [-0.05, 0) is 49.9 Å². The third-order valence-electron chi connectivity index (χ3n) is 4.21. The summed E-state index contributed by atoms with van der Waals surface area (Å²) in [6.07, 6.45) is 3.93. The molecule has 1 aliphatic rings. The van der Waals surface area contributed by atoms with Gasteiger partial charge >= 0.3 is 0 Å². The smallest absolute Gasteiger partial charge is 0.252 e.